The Morgan fingerprint density at radius 2 is 1.88 bits per heavy atom. The number of nitrogens with one attached hydrogen (secondary N) is 1. The second-order valence-corrected chi connectivity index (χ2v) is 5.41. The predicted molar refractivity (Wildman–Crippen MR) is 85.2 cm³/mol. The third-order valence-corrected chi connectivity index (χ3v) is 3.65. The summed E-state index contributed by atoms with van der Waals surface area (Å²) < 4.78 is 52.9. The number of hydrogen-bond donors (Lipinski definition) is 1. The van der Waals surface area contributed by atoms with Crippen LogP contribution in [0.4, 0.5) is 23.4 Å². The van der Waals surface area contributed by atoms with Crippen LogP contribution < -0.4 is 5.32 Å². The largest absolute Gasteiger partial charge is 0.435 e. The minimum absolute atomic E-state index is 0.253. The number of rotatable bonds is 4. The van der Waals surface area contributed by atoms with Gasteiger partial charge < -0.3 is 5.32 Å². The number of aromatic nitrogens is 3. The van der Waals surface area contributed by atoms with E-state index in [1.165, 1.54) is 19.3 Å². The molecule has 0 aliphatic heterocycles. The van der Waals surface area contributed by atoms with Gasteiger partial charge in [0.2, 0.25) is 0 Å². The van der Waals surface area contributed by atoms with Crippen molar-refractivity contribution in [2.45, 2.75) is 12.7 Å². The normalized spacial score (nSPS) is 11.6. The summed E-state index contributed by atoms with van der Waals surface area (Å²) in [5.74, 6) is 0.173. The fourth-order valence-corrected chi connectivity index (χ4v) is 2.35. The number of aryl methyl sites for hydroxylation is 1. The molecule has 0 aliphatic carbocycles. The van der Waals surface area contributed by atoms with Gasteiger partial charge in [0.1, 0.15) is 11.6 Å². The van der Waals surface area contributed by atoms with E-state index in [4.69, 9.17) is 0 Å². The zero-order valence-corrected chi connectivity index (χ0v) is 13.2. The van der Waals surface area contributed by atoms with E-state index < -0.39 is 11.9 Å². The number of anilines is 1. The third-order valence-electron chi connectivity index (χ3n) is 3.65. The van der Waals surface area contributed by atoms with Crippen molar-refractivity contribution in [3.63, 3.8) is 0 Å². The maximum atomic E-state index is 13.6. The first-order valence-corrected chi connectivity index (χ1v) is 7.39. The maximum absolute atomic E-state index is 13.6. The first kappa shape index (κ1) is 16.9. The zero-order valence-electron chi connectivity index (χ0n) is 13.2. The van der Waals surface area contributed by atoms with Crippen molar-refractivity contribution in [3.05, 3.63) is 65.7 Å². The lowest BCUT2D eigenvalue weighted by Gasteiger charge is -2.07. The van der Waals surface area contributed by atoms with Crippen molar-refractivity contribution in [2.24, 2.45) is 7.05 Å². The van der Waals surface area contributed by atoms with Crippen molar-refractivity contribution < 1.29 is 17.6 Å². The van der Waals surface area contributed by atoms with Crippen molar-refractivity contribution >= 4 is 5.82 Å². The average Bonchev–Trinajstić information content (AvgIpc) is 2.97. The van der Waals surface area contributed by atoms with Gasteiger partial charge >= 0.3 is 6.18 Å². The Hall–Kier alpha value is -2.90. The maximum Gasteiger partial charge on any atom is 0.435 e. The molecule has 0 atom stereocenters. The Bertz CT molecular complexity index is 869. The number of nitrogens with zero attached hydrogens (tertiary/aromatic N) is 3. The van der Waals surface area contributed by atoms with Gasteiger partial charge in [-0.2, -0.15) is 18.3 Å². The molecule has 2 heterocycles. The van der Waals surface area contributed by atoms with E-state index in [0.29, 0.717) is 22.6 Å². The van der Waals surface area contributed by atoms with E-state index in [9.17, 15) is 17.6 Å². The van der Waals surface area contributed by atoms with E-state index in [1.54, 1.807) is 30.3 Å². The van der Waals surface area contributed by atoms with Crippen LogP contribution >= 0.6 is 0 Å². The van der Waals surface area contributed by atoms with Gasteiger partial charge in [-0.25, -0.2) is 9.37 Å². The van der Waals surface area contributed by atoms with Gasteiger partial charge in [0.25, 0.3) is 0 Å². The molecule has 4 nitrogen and oxygen atoms in total. The van der Waals surface area contributed by atoms with Crippen molar-refractivity contribution in [3.8, 4) is 11.3 Å². The van der Waals surface area contributed by atoms with E-state index >= 15 is 0 Å². The van der Waals surface area contributed by atoms with Crippen molar-refractivity contribution in [1.29, 1.82) is 0 Å². The highest BCUT2D eigenvalue weighted by molar-refractivity contribution is 5.60. The molecule has 0 bridgehead atoms. The molecule has 0 aliphatic rings. The summed E-state index contributed by atoms with van der Waals surface area (Å²) in [5.41, 5.74) is 0.351. The summed E-state index contributed by atoms with van der Waals surface area (Å²) in [6, 6.07) is 10.6. The highest BCUT2D eigenvalue weighted by atomic mass is 19.4. The van der Waals surface area contributed by atoms with Gasteiger partial charge in [0.15, 0.2) is 5.69 Å². The molecule has 130 valence electrons. The molecule has 0 spiro atoms. The van der Waals surface area contributed by atoms with Gasteiger partial charge in [-0.3, -0.25) is 4.68 Å². The minimum atomic E-state index is -4.50. The Morgan fingerprint density at radius 3 is 2.48 bits per heavy atom. The quantitative estimate of drug-likeness (QED) is 0.715. The lowest BCUT2D eigenvalue weighted by Crippen LogP contribution is -2.06. The highest BCUT2D eigenvalue weighted by Gasteiger charge is 2.34. The first-order chi connectivity index (χ1) is 11.8. The van der Waals surface area contributed by atoms with Crippen molar-refractivity contribution in [2.75, 3.05) is 5.32 Å². The summed E-state index contributed by atoms with van der Waals surface area (Å²) in [6.45, 7) is 0.253. The lowest BCUT2D eigenvalue weighted by molar-refractivity contribution is -0.141. The molecule has 3 aromatic rings. The van der Waals surface area contributed by atoms with Gasteiger partial charge in [-0.15, -0.1) is 0 Å². The van der Waals surface area contributed by atoms with Crippen LogP contribution in [0.2, 0.25) is 0 Å². The van der Waals surface area contributed by atoms with Crippen LogP contribution in [0.1, 0.15) is 11.3 Å². The highest BCUT2D eigenvalue weighted by Crippen LogP contribution is 2.31. The first-order valence-electron chi connectivity index (χ1n) is 7.39. The van der Waals surface area contributed by atoms with Gasteiger partial charge in [0.05, 0.1) is 5.69 Å². The van der Waals surface area contributed by atoms with Gasteiger partial charge in [-0.1, -0.05) is 18.2 Å². The van der Waals surface area contributed by atoms with Crippen LogP contribution in [-0.2, 0) is 19.8 Å². The van der Waals surface area contributed by atoms with E-state index in [2.05, 4.69) is 15.4 Å². The molecular formula is C17H14F4N4. The minimum Gasteiger partial charge on any atom is -0.366 e. The van der Waals surface area contributed by atoms with E-state index in [0.717, 1.165) is 10.7 Å². The third kappa shape index (κ3) is 3.78. The Morgan fingerprint density at radius 1 is 1.12 bits per heavy atom. The molecule has 8 heteroatoms. The average molecular weight is 350 g/mol. The van der Waals surface area contributed by atoms with Crippen LogP contribution in [0.5, 0.6) is 0 Å². The molecule has 0 saturated heterocycles. The predicted octanol–water partition coefficient (Wildman–Crippen LogP) is 4.25. The number of halogens is 4. The molecule has 0 saturated carbocycles. The fourth-order valence-electron chi connectivity index (χ4n) is 2.35. The number of pyridine rings is 1. The second kappa shape index (κ2) is 6.54. The molecule has 2 aromatic heterocycles. The summed E-state index contributed by atoms with van der Waals surface area (Å²) >= 11 is 0. The number of benzene rings is 1. The molecule has 1 N–H and O–H groups in total. The van der Waals surface area contributed by atoms with Gasteiger partial charge in [-0.05, 0) is 24.3 Å². The standard InChI is InChI=1S/C17H14F4N4/c1-25-14(8-15(24-25)17(19,20)21)12-6-7-16(23-10-12)22-9-11-4-2-3-5-13(11)18/h2-8,10H,9H2,1H3,(H,22,23). The van der Waals surface area contributed by atoms with E-state index in [-0.39, 0.29) is 12.4 Å². The SMILES string of the molecule is Cn1nc(C(F)(F)F)cc1-c1ccc(NCc2ccccc2F)nc1. The van der Waals surface area contributed by atoms with Crippen molar-refractivity contribution in [1.82, 2.24) is 14.8 Å². The second-order valence-electron chi connectivity index (χ2n) is 5.41. The van der Waals surface area contributed by atoms with E-state index in [1.807, 2.05) is 0 Å². The zero-order chi connectivity index (χ0) is 18.0. The monoisotopic (exact) mass is 350 g/mol. The molecule has 0 radical (unpaired) electrons. The Labute approximate surface area is 141 Å². The molecule has 0 unspecified atom stereocenters. The molecule has 3 rings (SSSR count). The van der Waals surface area contributed by atoms with Crippen LogP contribution in [0, 0.1) is 5.82 Å². The fraction of sp³-hybridized carbons (Fsp3) is 0.176. The Balaban J connectivity index is 1.75. The molecule has 25 heavy (non-hydrogen) atoms. The van der Waals surface area contributed by atoms with Crippen LogP contribution in [0.15, 0.2) is 48.7 Å². The number of hydrogen-bond acceptors (Lipinski definition) is 3. The summed E-state index contributed by atoms with van der Waals surface area (Å²) in [7, 11) is 1.44. The summed E-state index contributed by atoms with van der Waals surface area (Å²) in [4.78, 5) is 4.16. The molecular weight excluding hydrogens is 336 g/mol. The number of alkyl halides is 3. The topological polar surface area (TPSA) is 42.7 Å². The van der Waals surface area contributed by atoms with Gasteiger partial charge in [0, 0.05) is 30.9 Å². The van der Waals surface area contributed by atoms with Crippen LogP contribution in [0.3, 0.4) is 0 Å². The molecule has 0 amide bonds. The Kier molecular flexibility index (Phi) is 4.43. The molecule has 0 fully saturated rings. The summed E-state index contributed by atoms with van der Waals surface area (Å²) in [5, 5.41) is 6.44. The summed E-state index contributed by atoms with van der Waals surface area (Å²) in [6.07, 6.45) is -3.05. The van der Waals surface area contributed by atoms with Crippen LogP contribution in [0.25, 0.3) is 11.3 Å². The lowest BCUT2D eigenvalue weighted by atomic mass is 10.2. The molecule has 1 aromatic carbocycles. The van der Waals surface area contributed by atoms with Crippen LogP contribution in [-0.4, -0.2) is 14.8 Å². The smallest absolute Gasteiger partial charge is 0.366 e.